The number of rotatable bonds is 10. The number of ketones is 1. The average molecular weight is 456 g/mol. The number of nitrogens with one attached hydrogen (secondary N) is 1. The quantitative estimate of drug-likeness (QED) is 0.288. The van der Waals surface area contributed by atoms with Crippen molar-refractivity contribution in [1.82, 2.24) is 14.8 Å². The van der Waals surface area contributed by atoms with Gasteiger partial charge in [0, 0.05) is 30.2 Å². The maximum Gasteiger partial charge on any atom is 0.295 e. The number of hydrogen-bond donors (Lipinski definition) is 1. The zero-order valence-corrected chi connectivity index (χ0v) is 18.9. The molecule has 0 bridgehead atoms. The van der Waals surface area contributed by atoms with Crippen molar-refractivity contribution in [3.8, 4) is 5.75 Å². The van der Waals surface area contributed by atoms with Crippen LogP contribution < -0.4 is 10.1 Å². The lowest BCUT2D eigenvalue weighted by molar-refractivity contribution is -0.126. The number of halogens is 1. The highest BCUT2D eigenvalue weighted by Gasteiger charge is 2.25. The number of carbonyl (C=O) groups is 3. The van der Waals surface area contributed by atoms with Crippen molar-refractivity contribution < 1.29 is 19.1 Å². The van der Waals surface area contributed by atoms with Crippen LogP contribution in [0.25, 0.3) is 10.9 Å². The molecule has 0 saturated carbocycles. The number of Topliss-reactive ketones (excluding diaryl/α,β-unsaturated/α-hetero) is 1. The first-order valence-electron chi connectivity index (χ1n) is 10.5. The molecule has 32 heavy (non-hydrogen) atoms. The van der Waals surface area contributed by atoms with Gasteiger partial charge in [0.05, 0.1) is 17.1 Å². The molecule has 3 rings (SSSR count). The molecule has 8 heteroatoms. The summed E-state index contributed by atoms with van der Waals surface area (Å²) in [6.45, 7) is 5.16. The molecule has 7 nitrogen and oxygen atoms in total. The molecule has 3 aromatic rings. The van der Waals surface area contributed by atoms with Crippen molar-refractivity contribution in [3.63, 3.8) is 0 Å². The minimum atomic E-state index is -0.572. The molecule has 0 saturated heterocycles. The lowest BCUT2D eigenvalue weighted by atomic mass is 10.1. The van der Waals surface area contributed by atoms with Crippen LogP contribution in [0.3, 0.4) is 0 Å². The molecule has 0 radical (unpaired) electrons. The molecule has 0 aliphatic heterocycles. The summed E-state index contributed by atoms with van der Waals surface area (Å²) >= 11 is 6.05. The van der Waals surface area contributed by atoms with E-state index < -0.39 is 11.7 Å². The largest absolute Gasteiger partial charge is 0.490 e. The Morgan fingerprint density at radius 2 is 1.72 bits per heavy atom. The highest BCUT2D eigenvalue weighted by molar-refractivity contribution is 6.44. The molecule has 0 aliphatic carbocycles. The molecule has 1 N–H and O–H groups in total. The molecular weight excluding hydrogens is 430 g/mol. The van der Waals surface area contributed by atoms with Crippen molar-refractivity contribution in [2.24, 2.45) is 0 Å². The first kappa shape index (κ1) is 23.3. The lowest BCUT2D eigenvalue weighted by Crippen LogP contribution is -2.36. The monoisotopic (exact) mass is 455 g/mol. The molecule has 2 aromatic carbocycles. The first-order valence-corrected chi connectivity index (χ1v) is 10.9. The van der Waals surface area contributed by atoms with Crippen LogP contribution in [-0.2, 0) is 16.1 Å². The van der Waals surface area contributed by atoms with Gasteiger partial charge in [-0.2, -0.15) is 0 Å². The Bertz CT molecular complexity index is 1120. The third-order valence-corrected chi connectivity index (χ3v) is 5.42. The number of amides is 2. The van der Waals surface area contributed by atoms with Gasteiger partial charge < -0.3 is 19.5 Å². The summed E-state index contributed by atoms with van der Waals surface area (Å²) in [4.78, 5) is 39.4. The van der Waals surface area contributed by atoms with E-state index in [4.69, 9.17) is 16.3 Å². The predicted octanol–water partition coefficient (Wildman–Crippen LogP) is 3.54. The van der Waals surface area contributed by atoms with E-state index >= 15 is 0 Å². The maximum atomic E-state index is 12.9. The third-order valence-electron chi connectivity index (χ3n) is 5.11. The van der Waals surface area contributed by atoms with Crippen molar-refractivity contribution in [2.75, 3.05) is 26.2 Å². The van der Waals surface area contributed by atoms with E-state index in [1.807, 2.05) is 38.1 Å². The Kier molecular flexibility index (Phi) is 7.89. The summed E-state index contributed by atoms with van der Waals surface area (Å²) in [5.74, 6) is -0.792. The Morgan fingerprint density at radius 3 is 2.44 bits per heavy atom. The number of ether oxygens (including phenoxy) is 1. The van der Waals surface area contributed by atoms with Crippen LogP contribution in [0.2, 0.25) is 5.02 Å². The Morgan fingerprint density at radius 1 is 1.03 bits per heavy atom. The zero-order valence-electron chi connectivity index (χ0n) is 18.1. The van der Waals surface area contributed by atoms with E-state index in [2.05, 4.69) is 5.32 Å². The number of hydrogen-bond acceptors (Lipinski definition) is 4. The van der Waals surface area contributed by atoms with E-state index in [0.29, 0.717) is 46.9 Å². The SMILES string of the molecule is CCN(CC)C(=O)C(=O)c1cn(CC(=O)NCCOc2ccccc2Cl)c2ccccc12. The number of fused-ring (bicyclic) bond motifs is 1. The van der Waals surface area contributed by atoms with E-state index in [1.165, 1.54) is 4.90 Å². The lowest BCUT2D eigenvalue weighted by Gasteiger charge is -2.17. The third kappa shape index (κ3) is 5.29. The molecular formula is C24H26ClN3O4. The molecule has 168 valence electrons. The second kappa shape index (κ2) is 10.8. The smallest absolute Gasteiger partial charge is 0.295 e. The number of para-hydroxylation sites is 2. The number of aromatic nitrogens is 1. The van der Waals surface area contributed by atoms with Gasteiger partial charge in [-0.25, -0.2) is 0 Å². The number of likely N-dealkylation sites (N-methyl/N-ethyl adjacent to an activating group) is 1. The van der Waals surface area contributed by atoms with Crippen molar-refractivity contribution in [1.29, 1.82) is 0 Å². The van der Waals surface area contributed by atoms with Crippen molar-refractivity contribution in [2.45, 2.75) is 20.4 Å². The van der Waals surface area contributed by atoms with Gasteiger partial charge >= 0.3 is 0 Å². The summed E-state index contributed by atoms with van der Waals surface area (Å²) < 4.78 is 7.26. The summed E-state index contributed by atoms with van der Waals surface area (Å²) in [7, 11) is 0. The van der Waals surface area contributed by atoms with Gasteiger partial charge in [-0.15, -0.1) is 0 Å². The number of benzene rings is 2. The standard InChI is InChI=1S/C24H26ClN3O4/c1-3-27(4-2)24(31)23(30)18-15-28(20-11-7-5-9-17(18)20)16-22(29)26-13-14-32-21-12-8-6-10-19(21)25/h5-12,15H,3-4,13-14,16H2,1-2H3,(H,26,29). The van der Waals surface area contributed by atoms with Crippen LogP contribution in [0, 0.1) is 0 Å². The summed E-state index contributed by atoms with van der Waals surface area (Å²) in [5.41, 5.74) is 1.01. The fraction of sp³-hybridized carbons (Fsp3) is 0.292. The molecule has 1 aromatic heterocycles. The molecule has 2 amide bonds. The minimum absolute atomic E-state index is 0.0132. The summed E-state index contributed by atoms with van der Waals surface area (Å²) in [5, 5.41) is 3.95. The zero-order chi connectivity index (χ0) is 23.1. The van der Waals surface area contributed by atoms with E-state index in [1.54, 1.807) is 35.0 Å². The molecule has 0 spiro atoms. The number of carbonyl (C=O) groups excluding carboxylic acids is 3. The van der Waals surface area contributed by atoms with Crippen LogP contribution in [0.15, 0.2) is 54.7 Å². The molecule has 0 unspecified atom stereocenters. The minimum Gasteiger partial charge on any atom is -0.490 e. The maximum absolute atomic E-state index is 12.9. The van der Waals surface area contributed by atoms with Gasteiger partial charge in [-0.05, 0) is 32.0 Å². The van der Waals surface area contributed by atoms with Crippen LogP contribution in [0.1, 0.15) is 24.2 Å². The summed E-state index contributed by atoms with van der Waals surface area (Å²) in [6.07, 6.45) is 1.58. The average Bonchev–Trinajstić information content (AvgIpc) is 3.16. The summed E-state index contributed by atoms with van der Waals surface area (Å²) in [6, 6.07) is 14.4. The van der Waals surface area contributed by atoms with Gasteiger partial charge in [0.1, 0.15) is 18.9 Å². The van der Waals surface area contributed by atoms with E-state index in [0.717, 1.165) is 0 Å². The fourth-order valence-corrected chi connectivity index (χ4v) is 3.64. The Balaban J connectivity index is 1.67. The van der Waals surface area contributed by atoms with Crippen molar-refractivity contribution >= 4 is 40.1 Å². The fourth-order valence-electron chi connectivity index (χ4n) is 3.45. The van der Waals surface area contributed by atoms with Crippen molar-refractivity contribution in [3.05, 3.63) is 65.3 Å². The van der Waals surface area contributed by atoms with Crippen LogP contribution >= 0.6 is 11.6 Å². The molecule has 1 heterocycles. The van der Waals surface area contributed by atoms with E-state index in [-0.39, 0.29) is 19.1 Å². The van der Waals surface area contributed by atoms with Gasteiger partial charge in [0.2, 0.25) is 5.91 Å². The predicted molar refractivity (Wildman–Crippen MR) is 124 cm³/mol. The van der Waals surface area contributed by atoms with Gasteiger partial charge in [-0.3, -0.25) is 14.4 Å². The van der Waals surface area contributed by atoms with E-state index in [9.17, 15) is 14.4 Å². The topological polar surface area (TPSA) is 80.6 Å². The Hall–Kier alpha value is -3.32. The van der Waals surface area contributed by atoms with Crippen LogP contribution in [0.5, 0.6) is 5.75 Å². The Labute approximate surface area is 191 Å². The molecule has 0 fully saturated rings. The molecule has 0 atom stereocenters. The van der Waals surface area contributed by atoms with Gasteiger partial charge in [-0.1, -0.05) is 41.9 Å². The van der Waals surface area contributed by atoms with Gasteiger partial charge in [0.15, 0.2) is 0 Å². The number of nitrogens with zero attached hydrogens (tertiary/aromatic N) is 2. The highest BCUT2D eigenvalue weighted by atomic mass is 35.5. The second-order valence-corrected chi connectivity index (χ2v) is 7.53. The second-order valence-electron chi connectivity index (χ2n) is 7.12. The molecule has 0 aliphatic rings. The van der Waals surface area contributed by atoms with Crippen LogP contribution in [0.4, 0.5) is 0 Å². The first-order chi connectivity index (χ1) is 15.5. The van der Waals surface area contributed by atoms with Gasteiger partial charge in [0.25, 0.3) is 11.7 Å². The highest BCUT2D eigenvalue weighted by Crippen LogP contribution is 2.23. The normalized spacial score (nSPS) is 10.7. The van der Waals surface area contributed by atoms with Crippen LogP contribution in [-0.4, -0.2) is 53.3 Å².